The fourth-order valence-electron chi connectivity index (χ4n) is 2.53. The number of rotatable bonds is 5. The van der Waals surface area contributed by atoms with Gasteiger partial charge in [0.05, 0.1) is 6.61 Å². The Labute approximate surface area is 135 Å². The Hall–Kier alpha value is -2.21. The summed E-state index contributed by atoms with van der Waals surface area (Å²) in [5.41, 5.74) is -1.05. The molecule has 1 amide bonds. The fourth-order valence-corrected chi connectivity index (χ4v) is 2.53. The minimum Gasteiger partial charge on any atom is -0.461 e. The van der Waals surface area contributed by atoms with Crippen molar-refractivity contribution in [3.63, 3.8) is 0 Å². The number of aliphatic hydroxyl groups is 1. The van der Waals surface area contributed by atoms with Crippen molar-refractivity contribution in [1.82, 2.24) is 5.01 Å². The van der Waals surface area contributed by atoms with Crippen LogP contribution in [0.3, 0.4) is 0 Å². The molecule has 2 unspecified atom stereocenters. The third-order valence-corrected chi connectivity index (χ3v) is 4.14. The highest BCUT2D eigenvalue weighted by molar-refractivity contribution is 6.37. The summed E-state index contributed by atoms with van der Waals surface area (Å²) in [6.07, 6.45) is 0.611. The van der Waals surface area contributed by atoms with Gasteiger partial charge in [-0.05, 0) is 25.5 Å². The Bertz CT molecular complexity index is 614. The first kappa shape index (κ1) is 17.1. The van der Waals surface area contributed by atoms with Crippen LogP contribution in [-0.2, 0) is 9.53 Å². The Kier molecular flexibility index (Phi) is 5.15. The largest absolute Gasteiger partial charge is 0.461 e. The molecule has 0 aromatic heterocycles. The van der Waals surface area contributed by atoms with Gasteiger partial charge in [0.25, 0.3) is 5.91 Å². The van der Waals surface area contributed by atoms with Crippen molar-refractivity contribution in [2.24, 2.45) is 11.0 Å². The van der Waals surface area contributed by atoms with Crippen molar-refractivity contribution in [2.45, 2.75) is 39.3 Å². The highest BCUT2D eigenvalue weighted by atomic mass is 16.5. The van der Waals surface area contributed by atoms with Gasteiger partial charge in [0.15, 0.2) is 11.4 Å². The molecular weight excluding hydrogens is 296 g/mol. The summed E-state index contributed by atoms with van der Waals surface area (Å²) in [6, 6.07) is 8.58. The van der Waals surface area contributed by atoms with Crippen molar-refractivity contribution in [3.8, 4) is 0 Å². The van der Waals surface area contributed by atoms with Crippen molar-refractivity contribution in [1.29, 1.82) is 0 Å². The van der Waals surface area contributed by atoms with E-state index >= 15 is 0 Å². The molecule has 1 aliphatic heterocycles. The SMILES string of the molecule is CCOC(=O)C1=NN(C(=O)c2ccccc2)C(O)(C(C)CC)C1. The van der Waals surface area contributed by atoms with Crippen molar-refractivity contribution in [2.75, 3.05) is 6.61 Å². The van der Waals surface area contributed by atoms with Gasteiger partial charge >= 0.3 is 5.97 Å². The number of esters is 1. The first-order chi connectivity index (χ1) is 10.9. The molecule has 1 aliphatic rings. The summed E-state index contributed by atoms with van der Waals surface area (Å²) in [5, 5.41) is 16.1. The van der Waals surface area contributed by atoms with Crippen LogP contribution in [0.2, 0.25) is 0 Å². The number of nitrogens with zero attached hydrogens (tertiary/aromatic N) is 2. The standard InChI is InChI=1S/C17H22N2O4/c1-4-12(3)17(22)11-14(16(21)23-5-2)18-19(17)15(20)13-9-7-6-8-10-13/h6-10,12,22H,4-5,11H2,1-3H3. The maximum absolute atomic E-state index is 12.7. The van der Waals surface area contributed by atoms with Gasteiger partial charge in [0.2, 0.25) is 0 Å². The van der Waals surface area contributed by atoms with Gasteiger partial charge in [0, 0.05) is 17.9 Å². The summed E-state index contributed by atoms with van der Waals surface area (Å²) in [5.74, 6) is -1.28. The summed E-state index contributed by atoms with van der Waals surface area (Å²) in [6.45, 7) is 5.65. The molecule has 0 aliphatic carbocycles. The summed E-state index contributed by atoms with van der Waals surface area (Å²) < 4.78 is 4.95. The van der Waals surface area contributed by atoms with Gasteiger partial charge in [-0.3, -0.25) is 4.79 Å². The molecule has 1 heterocycles. The molecule has 6 heteroatoms. The lowest BCUT2D eigenvalue weighted by Gasteiger charge is -2.35. The molecule has 2 atom stereocenters. The van der Waals surface area contributed by atoms with Crippen LogP contribution in [0.1, 0.15) is 44.0 Å². The molecule has 0 bridgehead atoms. The Morgan fingerprint density at radius 2 is 2.00 bits per heavy atom. The molecule has 0 fully saturated rings. The van der Waals surface area contributed by atoms with E-state index in [2.05, 4.69) is 5.10 Å². The van der Waals surface area contributed by atoms with Crippen LogP contribution >= 0.6 is 0 Å². The minimum absolute atomic E-state index is 0.0284. The minimum atomic E-state index is -1.52. The van der Waals surface area contributed by atoms with E-state index < -0.39 is 17.6 Å². The Morgan fingerprint density at radius 3 is 2.57 bits per heavy atom. The van der Waals surface area contributed by atoms with Gasteiger partial charge in [-0.1, -0.05) is 32.0 Å². The normalized spacial score (nSPS) is 21.7. The molecular formula is C17H22N2O4. The van der Waals surface area contributed by atoms with Gasteiger partial charge < -0.3 is 9.84 Å². The third-order valence-electron chi connectivity index (χ3n) is 4.14. The molecule has 124 valence electrons. The smallest absolute Gasteiger partial charge is 0.354 e. The molecule has 0 radical (unpaired) electrons. The van der Waals surface area contributed by atoms with E-state index in [9.17, 15) is 14.7 Å². The zero-order chi connectivity index (χ0) is 17.0. The van der Waals surface area contributed by atoms with E-state index in [0.29, 0.717) is 12.0 Å². The lowest BCUT2D eigenvalue weighted by molar-refractivity contribution is -0.135. The van der Waals surface area contributed by atoms with Crippen LogP contribution in [0.4, 0.5) is 0 Å². The van der Waals surface area contributed by atoms with Gasteiger partial charge in [-0.15, -0.1) is 0 Å². The van der Waals surface area contributed by atoms with E-state index in [1.165, 1.54) is 0 Å². The van der Waals surface area contributed by atoms with Gasteiger partial charge in [0.1, 0.15) is 0 Å². The fraction of sp³-hybridized carbons (Fsp3) is 0.471. The summed E-state index contributed by atoms with van der Waals surface area (Å²) >= 11 is 0. The third kappa shape index (κ3) is 3.27. The van der Waals surface area contributed by atoms with E-state index in [-0.39, 0.29) is 24.7 Å². The van der Waals surface area contributed by atoms with Crippen LogP contribution < -0.4 is 0 Å². The average Bonchev–Trinajstić information content (AvgIpc) is 2.93. The second kappa shape index (κ2) is 6.91. The van der Waals surface area contributed by atoms with Crippen LogP contribution in [0.25, 0.3) is 0 Å². The molecule has 1 aromatic rings. The molecule has 23 heavy (non-hydrogen) atoms. The topological polar surface area (TPSA) is 79.2 Å². The highest BCUT2D eigenvalue weighted by Crippen LogP contribution is 2.35. The Balaban J connectivity index is 2.37. The first-order valence-electron chi connectivity index (χ1n) is 7.80. The van der Waals surface area contributed by atoms with E-state index in [1.54, 1.807) is 37.3 Å². The first-order valence-corrected chi connectivity index (χ1v) is 7.80. The maximum Gasteiger partial charge on any atom is 0.354 e. The summed E-state index contributed by atoms with van der Waals surface area (Å²) in [4.78, 5) is 24.7. The van der Waals surface area contributed by atoms with Crippen LogP contribution in [0.5, 0.6) is 0 Å². The molecule has 0 saturated carbocycles. The van der Waals surface area contributed by atoms with Crippen LogP contribution in [0, 0.1) is 5.92 Å². The molecule has 0 saturated heterocycles. The molecule has 1 aromatic carbocycles. The number of carbonyl (C=O) groups is 2. The summed E-state index contributed by atoms with van der Waals surface area (Å²) in [7, 11) is 0. The number of amides is 1. The number of benzene rings is 1. The van der Waals surface area contributed by atoms with E-state index in [1.807, 2.05) is 13.8 Å². The lowest BCUT2D eigenvalue weighted by Crippen LogP contribution is -2.50. The van der Waals surface area contributed by atoms with Crippen molar-refractivity contribution >= 4 is 17.6 Å². The second-order valence-corrected chi connectivity index (χ2v) is 5.61. The zero-order valence-corrected chi connectivity index (χ0v) is 13.7. The van der Waals surface area contributed by atoms with E-state index in [4.69, 9.17) is 4.74 Å². The predicted molar refractivity (Wildman–Crippen MR) is 85.7 cm³/mol. The second-order valence-electron chi connectivity index (χ2n) is 5.61. The van der Waals surface area contributed by atoms with Crippen LogP contribution in [-0.4, -0.2) is 40.0 Å². The van der Waals surface area contributed by atoms with Crippen molar-refractivity contribution < 1.29 is 19.4 Å². The highest BCUT2D eigenvalue weighted by Gasteiger charge is 2.49. The number of hydrazone groups is 1. The van der Waals surface area contributed by atoms with Gasteiger partial charge in [-0.2, -0.15) is 10.1 Å². The van der Waals surface area contributed by atoms with Crippen molar-refractivity contribution in [3.05, 3.63) is 35.9 Å². The molecule has 0 spiro atoms. The maximum atomic E-state index is 12.7. The lowest BCUT2D eigenvalue weighted by atomic mass is 9.90. The monoisotopic (exact) mass is 318 g/mol. The molecule has 2 rings (SSSR count). The van der Waals surface area contributed by atoms with Crippen LogP contribution in [0.15, 0.2) is 35.4 Å². The number of carbonyl (C=O) groups excluding carboxylic acids is 2. The van der Waals surface area contributed by atoms with Gasteiger partial charge in [-0.25, -0.2) is 4.79 Å². The number of hydrogen-bond acceptors (Lipinski definition) is 5. The zero-order valence-electron chi connectivity index (χ0n) is 13.7. The average molecular weight is 318 g/mol. The molecule has 6 nitrogen and oxygen atoms in total. The number of ether oxygens (including phenoxy) is 1. The Morgan fingerprint density at radius 1 is 1.35 bits per heavy atom. The molecule has 1 N–H and O–H groups in total. The predicted octanol–water partition coefficient (Wildman–Crippen LogP) is 2.19. The number of hydrogen-bond donors (Lipinski definition) is 1. The quantitative estimate of drug-likeness (QED) is 0.844. The van der Waals surface area contributed by atoms with E-state index in [0.717, 1.165) is 5.01 Å².